The number of amides is 1. The van der Waals surface area contributed by atoms with Crippen molar-refractivity contribution < 1.29 is 9.90 Å². The van der Waals surface area contributed by atoms with Crippen LogP contribution in [0, 0.1) is 20.8 Å². The van der Waals surface area contributed by atoms with Crippen molar-refractivity contribution >= 4 is 5.91 Å². The van der Waals surface area contributed by atoms with Crippen molar-refractivity contribution in [1.29, 1.82) is 0 Å². The molecule has 1 amide bonds. The maximum absolute atomic E-state index is 11.8. The summed E-state index contributed by atoms with van der Waals surface area (Å²) in [5.41, 5.74) is 9.95. The van der Waals surface area contributed by atoms with Gasteiger partial charge in [0.2, 0.25) is 0 Å². The molecule has 0 saturated heterocycles. The summed E-state index contributed by atoms with van der Waals surface area (Å²) in [4.78, 5) is 13.3. The number of likely N-dealkylation sites (N-methyl/N-ethyl adjacent to an activating group) is 1. The van der Waals surface area contributed by atoms with Crippen molar-refractivity contribution in [1.82, 2.24) is 4.90 Å². The molecule has 0 aliphatic rings. The highest BCUT2D eigenvalue weighted by Crippen LogP contribution is 2.18. The zero-order chi connectivity index (χ0) is 13.9. The first-order valence-electron chi connectivity index (χ1n) is 6.06. The molecule has 1 rings (SSSR count). The molecule has 0 bridgehead atoms. The van der Waals surface area contributed by atoms with E-state index in [9.17, 15) is 9.90 Å². The Morgan fingerprint density at radius 3 is 2.28 bits per heavy atom. The number of carbonyl (C=O) groups is 1. The number of nitrogens with two attached hydrogens (primary N) is 1. The van der Waals surface area contributed by atoms with Gasteiger partial charge in [-0.1, -0.05) is 17.7 Å². The van der Waals surface area contributed by atoms with Crippen molar-refractivity contribution in [3.63, 3.8) is 0 Å². The highest BCUT2D eigenvalue weighted by Gasteiger charge is 2.18. The molecular formula is C14H22N2O2. The van der Waals surface area contributed by atoms with Gasteiger partial charge in [-0.25, -0.2) is 0 Å². The average molecular weight is 250 g/mol. The summed E-state index contributed by atoms with van der Waals surface area (Å²) in [6.07, 6.45) is -1.11. The average Bonchev–Trinajstić information content (AvgIpc) is 2.31. The lowest BCUT2D eigenvalue weighted by atomic mass is 9.99. The van der Waals surface area contributed by atoms with Crippen LogP contribution in [0.25, 0.3) is 0 Å². The summed E-state index contributed by atoms with van der Waals surface area (Å²) in [7, 11) is 1.68. The Morgan fingerprint density at radius 1 is 1.33 bits per heavy atom. The molecule has 4 heteroatoms. The van der Waals surface area contributed by atoms with Crippen LogP contribution in [0.3, 0.4) is 0 Å². The van der Waals surface area contributed by atoms with Gasteiger partial charge in [0.05, 0.1) is 0 Å². The Balaban J connectivity index is 2.88. The summed E-state index contributed by atoms with van der Waals surface area (Å²) in [5, 5.41) is 9.44. The molecule has 18 heavy (non-hydrogen) atoms. The topological polar surface area (TPSA) is 66.6 Å². The van der Waals surface area contributed by atoms with E-state index in [1.54, 1.807) is 7.05 Å². The number of hydrogen-bond acceptors (Lipinski definition) is 3. The lowest BCUT2D eigenvalue weighted by Crippen LogP contribution is -2.40. The molecule has 100 valence electrons. The molecule has 1 aromatic rings. The largest absolute Gasteiger partial charge is 0.382 e. The molecule has 0 saturated carbocycles. The molecule has 0 spiro atoms. The van der Waals surface area contributed by atoms with Gasteiger partial charge in [-0.2, -0.15) is 0 Å². The van der Waals surface area contributed by atoms with E-state index in [2.05, 4.69) is 19.1 Å². The Hall–Kier alpha value is -1.39. The SMILES string of the molecule is Cc1cc(C)c(CN(C)C(=O)C(O)CN)c(C)c1. The third-order valence-corrected chi connectivity index (χ3v) is 3.12. The van der Waals surface area contributed by atoms with E-state index in [4.69, 9.17) is 5.73 Å². The van der Waals surface area contributed by atoms with Crippen LogP contribution in [-0.2, 0) is 11.3 Å². The number of rotatable bonds is 4. The fraction of sp³-hybridized carbons (Fsp3) is 0.500. The third-order valence-electron chi connectivity index (χ3n) is 3.12. The van der Waals surface area contributed by atoms with Crippen LogP contribution in [-0.4, -0.2) is 35.6 Å². The first-order chi connectivity index (χ1) is 8.36. The van der Waals surface area contributed by atoms with E-state index in [0.717, 1.165) is 16.7 Å². The monoisotopic (exact) mass is 250 g/mol. The maximum atomic E-state index is 11.8. The minimum Gasteiger partial charge on any atom is -0.382 e. The minimum atomic E-state index is -1.11. The summed E-state index contributed by atoms with van der Waals surface area (Å²) in [5.74, 6) is -0.336. The van der Waals surface area contributed by atoms with Gasteiger partial charge in [-0.3, -0.25) is 4.79 Å². The Bertz CT molecular complexity index is 420. The lowest BCUT2D eigenvalue weighted by Gasteiger charge is -2.22. The first kappa shape index (κ1) is 14.7. The Labute approximate surface area is 108 Å². The minimum absolute atomic E-state index is 0.0466. The number of aryl methyl sites for hydroxylation is 3. The van der Waals surface area contributed by atoms with Crippen LogP contribution in [0.15, 0.2) is 12.1 Å². The van der Waals surface area contributed by atoms with Gasteiger partial charge in [0.1, 0.15) is 6.10 Å². The van der Waals surface area contributed by atoms with Crippen molar-refractivity contribution in [3.8, 4) is 0 Å². The molecular weight excluding hydrogens is 228 g/mol. The number of nitrogens with zero attached hydrogens (tertiary/aromatic N) is 1. The van der Waals surface area contributed by atoms with Gasteiger partial charge >= 0.3 is 0 Å². The van der Waals surface area contributed by atoms with Gasteiger partial charge in [0.15, 0.2) is 0 Å². The van der Waals surface area contributed by atoms with E-state index in [-0.39, 0.29) is 12.5 Å². The molecule has 0 aliphatic carbocycles. The van der Waals surface area contributed by atoms with Crippen LogP contribution >= 0.6 is 0 Å². The fourth-order valence-corrected chi connectivity index (χ4v) is 2.13. The number of aliphatic hydroxyl groups excluding tert-OH is 1. The van der Waals surface area contributed by atoms with Crippen molar-refractivity contribution in [2.75, 3.05) is 13.6 Å². The number of carbonyl (C=O) groups excluding carboxylic acids is 1. The third kappa shape index (κ3) is 3.31. The molecule has 0 fully saturated rings. The second-order valence-corrected chi connectivity index (χ2v) is 4.82. The Kier molecular flexibility index (Phi) is 4.87. The highest BCUT2D eigenvalue weighted by molar-refractivity contribution is 5.80. The second kappa shape index (κ2) is 5.98. The Morgan fingerprint density at radius 2 is 1.83 bits per heavy atom. The molecule has 0 aromatic heterocycles. The number of aliphatic hydroxyl groups is 1. The maximum Gasteiger partial charge on any atom is 0.252 e. The zero-order valence-electron chi connectivity index (χ0n) is 11.5. The number of benzene rings is 1. The molecule has 0 heterocycles. The van der Waals surface area contributed by atoms with E-state index in [1.807, 2.05) is 13.8 Å². The molecule has 1 aromatic carbocycles. The molecule has 0 aliphatic heterocycles. The molecule has 0 radical (unpaired) electrons. The zero-order valence-corrected chi connectivity index (χ0v) is 11.5. The van der Waals surface area contributed by atoms with Crippen LogP contribution in [0.2, 0.25) is 0 Å². The quantitative estimate of drug-likeness (QED) is 0.834. The predicted octanol–water partition coefficient (Wildman–Crippen LogP) is 0.890. The fourth-order valence-electron chi connectivity index (χ4n) is 2.13. The van der Waals surface area contributed by atoms with Gasteiger partial charge in [-0.05, 0) is 37.5 Å². The van der Waals surface area contributed by atoms with Gasteiger partial charge in [0, 0.05) is 20.1 Å². The molecule has 3 N–H and O–H groups in total. The summed E-state index contributed by atoms with van der Waals surface area (Å²) >= 11 is 0. The smallest absolute Gasteiger partial charge is 0.252 e. The molecule has 1 unspecified atom stereocenters. The van der Waals surface area contributed by atoms with Gasteiger partial charge in [-0.15, -0.1) is 0 Å². The highest BCUT2D eigenvalue weighted by atomic mass is 16.3. The van der Waals surface area contributed by atoms with E-state index in [0.29, 0.717) is 6.54 Å². The summed E-state index contributed by atoms with van der Waals surface area (Å²) < 4.78 is 0. The van der Waals surface area contributed by atoms with Crippen LogP contribution in [0.5, 0.6) is 0 Å². The van der Waals surface area contributed by atoms with E-state index in [1.165, 1.54) is 10.5 Å². The normalized spacial score (nSPS) is 12.3. The first-order valence-corrected chi connectivity index (χ1v) is 6.06. The molecule has 1 atom stereocenters. The van der Waals surface area contributed by atoms with Crippen molar-refractivity contribution in [2.45, 2.75) is 33.4 Å². The molecule has 4 nitrogen and oxygen atoms in total. The van der Waals surface area contributed by atoms with Crippen molar-refractivity contribution in [3.05, 3.63) is 34.4 Å². The van der Waals surface area contributed by atoms with Crippen LogP contribution in [0.1, 0.15) is 22.3 Å². The van der Waals surface area contributed by atoms with E-state index < -0.39 is 6.10 Å². The number of hydrogen-bond donors (Lipinski definition) is 2. The van der Waals surface area contributed by atoms with Crippen LogP contribution < -0.4 is 5.73 Å². The standard InChI is InChI=1S/C14H22N2O2/c1-9-5-10(2)12(11(3)6-9)8-16(4)14(18)13(17)7-15/h5-6,13,17H,7-8,15H2,1-4H3. The van der Waals surface area contributed by atoms with Gasteiger partial charge < -0.3 is 15.7 Å². The van der Waals surface area contributed by atoms with E-state index >= 15 is 0 Å². The van der Waals surface area contributed by atoms with Gasteiger partial charge in [0.25, 0.3) is 5.91 Å². The van der Waals surface area contributed by atoms with Crippen LogP contribution in [0.4, 0.5) is 0 Å². The predicted molar refractivity (Wildman–Crippen MR) is 72.2 cm³/mol. The summed E-state index contributed by atoms with van der Waals surface area (Å²) in [6, 6.07) is 4.19. The second-order valence-electron chi connectivity index (χ2n) is 4.82. The van der Waals surface area contributed by atoms with Crippen molar-refractivity contribution in [2.24, 2.45) is 5.73 Å². The summed E-state index contributed by atoms with van der Waals surface area (Å²) in [6.45, 7) is 6.57. The lowest BCUT2D eigenvalue weighted by molar-refractivity contribution is -0.138.